The second-order valence-electron chi connectivity index (χ2n) is 5.54. The van der Waals surface area contributed by atoms with Gasteiger partial charge in [-0.25, -0.2) is 0 Å². The standard InChI is InChI=1S/C16H23ClN2O2/c1-2-15(20)14-9-5-6-10-19(14)11-16(21)18-13-8-4-3-7-12(13)17/h3-4,7-8,14-15,20H,2,5-6,9-11H2,1H3,(H,18,21). The van der Waals surface area contributed by atoms with E-state index < -0.39 is 0 Å². The number of aliphatic hydroxyl groups excluding tert-OH is 1. The minimum absolute atomic E-state index is 0.0840. The first kappa shape index (κ1) is 16.3. The smallest absolute Gasteiger partial charge is 0.238 e. The van der Waals surface area contributed by atoms with Crippen LogP contribution in [-0.4, -0.2) is 41.1 Å². The number of anilines is 1. The number of rotatable bonds is 5. The van der Waals surface area contributed by atoms with Crippen LogP contribution in [0, 0.1) is 0 Å². The van der Waals surface area contributed by atoms with Gasteiger partial charge in [0.15, 0.2) is 0 Å². The third kappa shape index (κ3) is 4.43. The number of halogens is 1. The van der Waals surface area contributed by atoms with Gasteiger partial charge in [0.25, 0.3) is 0 Å². The molecule has 1 aromatic carbocycles. The molecule has 1 aromatic rings. The topological polar surface area (TPSA) is 52.6 Å². The van der Waals surface area contributed by atoms with Gasteiger partial charge in [0.1, 0.15) is 0 Å². The van der Waals surface area contributed by atoms with Crippen LogP contribution >= 0.6 is 11.6 Å². The highest BCUT2D eigenvalue weighted by molar-refractivity contribution is 6.33. The van der Waals surface area contributed by atoms with Crippen molar-refractivity contribution in [2.45, 2.75) is 44.8 Å². The molecule has 1 aliphatic heterocycles. The third-order valence-corrected chi connectivity index (χ3v) is 4.35. The molecule has 1 fully saturated rings. The Morgan fingerprint density at radius 1 is 1.48 bits per heavy atom. The Bertz CT molecular complexity index is 481. The van der Waals surface area contributed by atoms with Gasteiger partial charge in [-0.15, -0.1) is 0 Å². The van der Waals surface area contributed by atoms with E-state index in [1.165, 1.54) is 0 Å². The molecule has 0 aromatic heterocycles. The normalized spacial score (nSPS) is 21.0. The van der Waals surface area contributed by atoms with E-state index in [0.717, 1.165) is 25.8 Å². The molecule has 1 amide bonds. The van der Waals surface area contributed by atoms with E-state index in [9.17, 15) is 9.90 Å². The Morgan fingerprint density at radius 3 is 2.95 bits per heavy atom. The van der Waals surface area contributed by atoms with Crippen molar-refractivity contribution in [2.75, 3.05) is 18.4 Å². The molecule has 5 heteroatoms. The maximum Gasteiger partial charge on any atom is 0.238 e. The van der Waals surface area contributed by atoms with Gasteiger partial charge in [-0.3, -0.25) is 9.69 Å². The number of carbonyl (C=O) groups is 1. The average molecular weight is 311 g/mol. The number of benzene rings is 1. The zero-order valence-electron chi connectivity index (χ0n) is 12.4. The average Bonchev–Trinajstić information content (AvgIpc) is 2.49. The predicted octanol–water partition coefficient (Wildman–Crippen LogP) is 2.90. The minimum Gasteiger partial charge on any atom is -0.392 e. The van der Waals surface area contributed by atoms with Gasteiger partial charge in [0.2, 0.25) is 5.91 Å². The summed E-state index contributed by atoms with van der Waals surface area (Å²) in [6.07, 6.45) is 3.50. The summed E-state index contributed by atoms with van der Waals surface area (Å²) in [6.45, 7) is 3.13. The monoisotopic (exact) mass is 310 g/mol. The Morgan fingerprint density at radius 2 is 2.24 bits per heavy atom. The molecule has 2 N–H and O–H groups in total. The Kier molecular flexibility index (Phi) is 6.03. The maximum atomic E-state index is 12.2. The number of para-hydroxylation sites is 1. The highest BCUT2D eigenvalue weighted by Crippen LogP contribution is 2.23. The fourth-order valence-electron chi connectivity index (χ4n) is 2.86. The van der Waals surface area contributed by atoms with Gasteiger partial charge in [-0.05, 0) is 37.9 Å². The van der Waals surface area contributed by atoms with Crippen molar-refractivity contribution in [1.82, 2.24) is 4.90 Å². The molecule has 21 heavy (non-hydrogen) atoms. The summed E-state index contributed by atoms with van der Waals surface area (Å²) in [4.78, 5) is 14.3. The molecular weight excluding hydrogens is 288 g/mol. The highest BCUT2D eigenvalue weighted by Gasteiger charge is 2.29. The first-order valence-electron chi connectivity index (χ1n) is 7.58. The summed E-state index contributed by atoms with van der Waals surface area (Å²) in [7, 11) is 0. The van der Waals surface area contributed by atoms with Crippen LogP contribution in [0.5, 0.6) is 0 Å². The van der Waals surface area contributed by atoms with E-state index in [4.69, 9.17) is 11.6 Å². The van der Waals surface area contributed by atoms with Crippen LogP contribution in [0.15, 0.2) is 24.3 Å². The van der Waals surface area contributed by atoms with Gasteiger partial charge in [-0.1, -0.05) is 37.1 Å². The zero-order valence-corrected chi connectivity index (χ0v) is 13.1. The zero-order chi connectivity index (χ0) is 15.2. The molecule has 2 atom stereocenters. The summed E-state index contributed by atoms with van der Waals surface area (Å²) in [6, 6.07) is 7.29. The van der Waals surface area contributed by atoms with Crippen molar-refractivity contribution < 1.29 is 9.90 Å². The molecule has 2 rings (SSSR count). The van der Waals surface area contributed by atoms with Crippen LogP contribution in [0.4, 0.5) is 5.69 Å². The molecule has 0 aliphatic carbocycles. The maximum absolute atomic E-state index is 12.2. The lowest BCUT2D eigenvalue weighted by atomic mass is 9.96. The van der Waals surface area contributed by atoms with Crippen LogP contribution in [-0.2, 0) is 4.79 Å². The Balaban J connectivity index is 1.96. The van der Waals surface area contributed by atoms with Crippen LogP contribution in [0.1, 0.15) is 32.6 Å². The molecule has 1 aliphatic rings. The van der Waals surface area contributed by atoms with Crippen LogP contribution in [0.3, 0.4) is 0 Å². The lowest BCUT2D eigenvalue weighted by molar-refractivity contribution is -0.119. The van der Waals surface area contributed by atoms with Crippen molar-refractivity contribution in [3.63, 3.8) is 0 Å². The fraction of sp³-hybridized carbons (Fsp3) is 0.562. The van der Waals surface area contributed by atoms with Gasteiger partial charge >= 0.3 is 0 Å². The van der Waals surface area contributed by atoms with Crippen LogP contribution < -0.4 is 5.32 Å². The fourth-order valence-corrected chi connectivity index (χ4v) is 3.04. The molecule has 0 radical (unpaired) electrons. The van der Waals surface area contributed by atoms with Crippen LogP contribution in [0.2, 0.25) is 5.02 Å². The van der Waals surface area contributed by atoms with Crippen molar-refractivity contribution >= 4 is 23.2 Å². The van der Waals surface area contributed by atoms with E-state index >= 15 is 0 Å². The number of hydrogen-bond acceptors (Lipinski definition) is 3. The quantitative estimate of drug-likeness (QED) is 0.879. The second kappa shape index (κ2) is 7.78. The number of piperidine rings is 1. The molecule has 1 saturated heterocycles. The molecular formula is C16H23ClN2O2. The second-order valence-corrected chi connectivity index (χ2v) is 5.94. The number of aliphatic hydroxyl groups is 1. The summed E-state index contributed by atoms with van der Waals surface area (Å²) in [5.74, 6) is -0.0849. The molecule has 2 unspecified atom stereocenters. The van der Waals surface area contributed by atoms with Crippen molar-refractivity contribution in [1.29, 1.82) is 0 Å². The molecule has 0 spiro atoms. The van der Waals surface area contributed by atoms with Crippen molar-refractivity contribution in [3.8, 4) is 0 Å². The minimum atomic E-state index is -0.363. The summed E-state index contributed by atoms with van der Waals surface area (Å²) in [5, 5.41) is 13.5. The van der Waals surface area contributed by atoms with Gasteiger partial charge in [0.05, 0.1) is 23.4 Å². The number of amides is 1. The molecule has 4 nitrogen and oxygen atoms in total. The number of nitrogens with zero attached hydrogens (tertiary/aromatic N) is 1. The number of hydrogen-bond donors (Lipinski definition) is 2. The lowest BCUT2D eigenvalue weighted by Crippen LogP contribution is -2.49. The largest absolute Gasteiger partial charge is 0.392 e. The lowest BCUT2D eigenvalue weighted by Gasteiger charge is -2.37. The third-order valence-electron chi connectivity index (χ3n) is 4.02. The Hall–Kier alpha value is -1.10. The highest BCUT2D eigenvalue weighted by atomic mass is 35.5. The summed E-state index contributed by atoms with van der Waals surface area (Å²) < 4.78 is 0. The van der Waals surface area contributed by atoms with E-state index in [1.54, 1.807) is 12.1 Å². The SMILES string of the molecule is CCC(O)C1CCCCN1CC(=O)Nc1ccccc1Cl. The van der Waals surface area contributed by atoms with Gasteiger partial charge in [-0.2, -0.15) is 0 Å². The summed E-state index contributed by atoms with van der Waals surface area (Å²) in [5.41, 5.74) is 0.633. The van der Waals surface area contributed by atoms with Crippen molar-refractivity contribution in [2.24, 2.45) is 0 Å². The molecule has 1 heterocycles. The Labute approximate surface area is 131 Å². The predicted molar refractivity (Wildman–Crippen MR) is 85.6 cm³/mol. The first-order valence-corrected chi connectivity index (χ1v) is 7.96. The van der Waals surface area contributed by atoms with E-state index in [-0.39, 0.29) is 18.1 Å². The van der Waals surface area contributed by atoms with E-state index in [1.807, 2.05) is 19.1 Å². The first-order chi connectivity index (χ1) is 10.1. The number of carbonyl (C=O) groups excluding carboxylic acids is 1. The van der Waals surface area contributed by atoms with Gasteiger partial charge < -0.3 is 10.4 Å². The van der Waals surface area contributed by atoms with Crippen LogP contribution in [0.25, 0.3) is 0 Å². The van der Waals surface area contributed by atoms with E-state index in [0.29, 0.717) is 23.7 Å². The number of likely N-dealkylation sites (tertiary alicyclic amines) is 1. The molecule has 116 valence electrons. The summed E-state index contributed by atoms with van der Waals surface area (Å²) >= 11 is 6.04. The van der Waals surface area contributed by atoms with Gasteiger partial charge in [0, 0.05) is 6.04 Å². The molecule has 0 saturated carbocycles. The van der Waals surface area contributed by atoms with Crippen molar-refractivity contribution in [3.05, 3.63) is 29.3 Å². The molecule has 0 bridgehead atoms. The van der Waals surface area contributed by atoms with E-state index in [2.05, 4.69) is 10.2 Å². The number of nitrogens with one attached hydrogen (secondary N) is 1.